The molecule has 0 N–H and O–H groups in total. The minimum Gasteiger partial charge on any atom is -0.493 e. The van der Waals surface area contributed by atoms with Crippen LogP contribution in [-0.2, 0) is 35.6 Å². The molecule has 7 nitrogen and oxygen atoms in total. The summed E-state index contributed by atoms with van der Waals surface area (Å²) in [5.41, 5.74) is 4.56. The number of amides is 3. The van der Waals surface area contributed by atoms with Crippen molar-refractivity contribution in [1.29, 1.82) is 0 Å². The molecule has 0 bridgehead atoms. The van der Waals surface area contributed by atoms with Crippen LogP contribution in [0.5, 0.6) is 11.5 Å². The number of benzene rings is 3. The van der Waals surface area contributed by atoms with E-state index >= 15 is 0 Å². The van der Waals surface area contributed by atoms with Crippen LogP contribution in [0.15, 0.2) is 72.2 Å². The minimum absolute atomic E-state index is 0.228. The predicted octanol–water partition coefficient (Wildman–Crippen LogP) is 6.93. The Labute approximate surface area is 258 Å². The molecule has 0 atom stereocenters. The van der Waals surface area contributed by atoms with Gasteiger partial charge >= 0.3 is 0 Å². The number of imide groups is 1. The fraction of sp³-hybridized carbons (Fsp3) is 0.219. The van der Waals surface area contributed by atoms with Crippen molar-refractivity contribution in [3.8, 4) is 11.5 Å². The van der Waals surface area contributed by atoms with Crippen LogP contribution in [0.3, 0.4) is 0 Å². The van der Waals surface area contributed by atoms with Crippen LogP contribution in [0.4, 0.5) is 4.79 Å². The molecule has 1 fully saturated rings. The third-order valence-electron chi connectivity index (χ3n) is 7.05. The molecule has 2 heterocycles. The van der Waals surface area contributed by atoms with Crippen molar-refractivity contribution in [2.45, 2.75) is 26.0 Å². The largest absolute Gasteiger partial charge is 0.493 e. The average Bonchev–Trinajstić information content (AvgIpc) is 3.25. The van der Waals surface area contributed by atoms with Crippen LogP contribution >= 0.6 is 35.0 Å². The first-order chi connectivity index (χ1) is 20.3. The number of rotatable bonds is 9. The van der Waals surface area contributed by atoms with Gasteiger partial charge in [0.1, 0.15) is 13.2 Å². The molecule has 2 aliphatic rings. The van der Waals surface area contributed by atoms with Crippen LogP contribution in [0.2, 0.25) is 10.0 Å². The Morgan fingerprint density at radius 2 is 1.86 bits per heavy atom. The predicted molar refractivity (Wildman–Crippen MR) is 166 cm³/mol. The normalized spacial score (nSPS) is 15.6. The van der Waals surface area contributed by atoms with E-state index in [1.807, 2.05) is 30.3 Å². The molecule has 0 aliphatic carbocycles. The number of halogens is 2. The summed E-state index contributed by atoms with van der Waals surface area (Å²) in [5.74, 6) is 0.231. The molecule has 5 rings (SSSR count). The summed E-state index contributed by atoms with van der Waals surface area (Å²) in [5, 5.41) is 0.418. The second kappa shape index (κ2) is 13.1. The number of hydrogen-bond donors (Lipinski definition) is 0. The number of carbonyl (C=O) groups is 3. The van der Waals surface area contributed by atoms with Crippen LogP contribution in [0.1, 0.15) is 27.8 Å². The lowest BCUT2D eigenvalue weighted by Gasteiger charge is -2.29. The summed E-state index contributed by atoms with van der Waals surface area (Å²) in [4.78, 5) is 42.0. The number of nitrogens with zero attached hydrogens (tertiary/aromatic N) is 2. The molecule has 1 saturated heterocycles. The zero-order chi connectivity index (χ0) is 29.8. The number of thioether (sulfide) groups is 1. The molecule has 0 spiro atoms. The topological polar surface area (TPSA) is 76.2 Å². The number of carbonyl (C=O) groups excluding carboxylic acids is 3. The first kappa shape index (κ1) is 29.8. The van der Waals surface area contributed by atoms with E-state index in [4.69, 9.17) is 32.7 Å². The van der Waals surface area contributed by atoms with Gasteiger partial charge in [0.15, 0.2) is 11.5 Å². The maximum atomic E-state index is 13.2. The van der Waals surface area contributed by atoms with Crippen LogP contribution in [-0.4, -0.2) is 47.1 Å². The molecule has 0 radical (unpaired) electrons. The van der Waals surface area contributed by atoms with E-state index in [1.165, 1.54) is 12.7 Å². The van der Waals surface area contributed by atoms with Crippen molar-refractivity contribution in [1.82, 2.24) is 9.80 Å². The second-order valence-corrected chi connectivity index (χ2v) is 11.7. The first-order valence-corrected chi connectivity index (χ1v) is 14.8. The third kappa shape index (κ3) is 6.51. The van der Waals surface area contributed by atoms with Gasteiger partial charge in [-0.25, -0.2) is 0 Å². The molecule has 216 valence electrons. The minimum atomic E-state index is -0.500. The Hall–Kier alpha value is -3.72. The second-order valence-electron chi connectivity index (χ2n) is 9.84. The van der Waals surface area contributed by atoms with Gasteiger partial charge in [0, 0.05) is 18.7 Å². The van der Waals surface area contributed by atoms with E-state index < -0.39 is 11.1 Å². The van der Waals surface area contributed by atoms with Gasteiger partial charge in [0.25, 0.3) is 11.1 Å². The SMILES string of the molecule is C=CCc1cc(/C=C2\SC(=O)N(CC(=O)N3CCc4ccccc4C3)C2=O)cc(OC)c1OCc1ccc(Cl)c(Cl)c1. The zero-order valence-electron chi connectivity index (χ0n) is 22.9. The average molecular weight is 624 g/mol. The maximum absolute atomic E-state index is 13.2. The van der Waals surface area contributed by atoms with Gasteiger partial charge in [-0.2, -0.15) is 0 Å². The van der Waals surface area contributed by atoms with Crippen LogP contribution < -0.4 is 9.47 Å². The van der Waals surface area contributed by atoms with E-state index in [1.54, 1.807) is 35.3 Å². The number of hydrogen-bond acceptors (Lipinski definition) is 6. The molecule has 3 aromatic carbocycles. The smallest absolute Gasteiger partial charge is 0.294 e. The van der Waals surface area contributed by atoms with Crippen molar-refractivity contribution >= 4 is 58.1 Å². The van der Waals surface area contributed by atoms with Crippen LogP contribution in [0, 0.1) is 0 Å². The Balaban J connectivity index is 1.32. The molecule has 3 amide bonds. The van der Waals surface area contributed by atoms with E-state index in [2.05, 4.69) is 12.6 Å². The van der Waals surface area contributed by atoms with Gasteiger partial charge in [-0.1, -0.05) is 59.6 Å². The molecule has 2 aliphatic heterocycles. The lowest BCUT2D eigenvalue weighted by molar-refractivity contribution is -0.136. The van der Waals surface area contributed by atoms with Crippen molar-refractivity contribution in [3.63, 3.8) is 0 Å². The third-order valence-corrected chi connectivity index (χ3v) is 8.70. The molecule has 42 heavy (non-hydrogen) atoms. The Kier molecular flexibility index (Phi) is 9.26. The highest BCUT2D eigenvalue weighted by atomic mass is 35.5. The van der Waals surface area contributed by atoms with Crippen molar-refractivity contribution in [3.05, 3.63) is 110 Å². The molecule has 0 saturated carbocycles. The van der Waals surface area contributed by atoms with E-state index in [0.29, 0.717) is 46.6 Å². The standard InChI is InChI=1S/C32H28Cl2N2O5S/c1-3-6-23-13-21(15-27(40-2)30(23)41-19-20-9-10-25(33)26(34)14-20)16-28-31(38)36(32(39)42-28)18-29(37)35-12-11-22-7-4-5-8-24(22)17-35/h3-5,7-10,13-16H,1,6,11-12,17-19H2,2H3/b28-16-. The van der Waals surface area contributed by atoms with Gasteiger partial charge in [0.05, 0.1) is 22.1 Å². The van der Waals surface area contributed by atoms with E-state index in [-0.39, 0.29) is 24.0 Å². The first-order valence-electron chi connectivity index (χ1n) is 13.3. The monoisotopic (exact) mass is 622 g/mol. The van der Waals surface area contributed by atoms with Gasteiger partial charge < -0.3 is 14.4 Å². The molecule has 10 heteroatoms. The van der Waals surface area contributed by atoms with Gasteiger partial charge in [-0.15, -0.1) is 6.58 Å². The van der Waals surface area contributed by atoms with Gasteiger partial charge in [0.2, 0.25) is 5.91 Å². The number of ether oxygens (including phenoxy) is 2. The fourth-order valence-corrected chi connectivity index (χ4v) is 6.06. The quantitative estimate of drug-likeness (QED) is 0.190. The number of allylic oxidation sites excluding steroid dienone is 1. The number of methoxy groups -OCH3 is 1. The maximum Gasteiger partial charge on any atom is 0.294 e. The summed E-state index contributed by atoms with van der Waals surface area (Å²) < 4.78 is 11.8. The molecular weight excluding hydrogens is 595 g/mol. The van der Waals surface area contributed by atoms with Gasteiger partial charge in [-0.3, -0.25) is 19.3 Å². The molecule has 3 aromatic rings. The Morgan fingerprint density at radius 1 is 1.07 bits per heavy atom. The van der Waals surface area contributed by atoms with E-state index in [0.717, 1.165) is 39.8 Å². The number of fused-ring (bicyclic) bond motifs is 1. The summed E-state index contributed by atoms with van der Waals surface area (Å²) in [6, 6.07) is 16.9. The summed E-state index contributed by atoms with van der Waals surface area (Å²) in [6.45, 7) is 4.79. The van der Waals surface area contributed by atoms with Gasteiger partial charge in [-0.05, 0) is 77.2 Å². The highest BCUT2D eigenvalue weighted by Gasteiger charge is 2.37. The Morgan fingerprint density at radius 3 is 2.60 bits per heavy atom. The summed E-state index contributed by atoms with van der Waals surface area (Å²) in [6.07, 6.45) is 4.59. The Bertz CT molecular complexity index is 1610. The van der Waals surface area contributed by atoms with Crippen molar-refractivity contribution in [2.75, 3.05) is 20.2 Å². The fourth-order valence-electron chi connectivity index (χ4n) is 4.91. The molecular formula is C32H28Cl2N2O5S. The van der Waals surface area contributed by atoms with E-state index in [9.17, 15) is 14.4 Å². The van der Waals surface area contributed by atoms with Crippen molar-refractivity contribution < 1.29 is 23.9 Å². The highest BCUT2D eigenvalue weighted by molar-refractivity contribution is 8.18. The van der Waals surface area contributed by atoms with Crippen molar-refractivity contribution in [2.24, 2.45) is 0 Å². The lowest BCUT2D eigenvalue weighted by atomic mass is 10.00. The molecule has 0 unspecified atom stereocenters. The lowest BCUT2D eigenvalue weighted by Crippen LogP contribution is -2.44. The van der Waals surface area contributed by atoms with Crippen LogP contribution in [0.25, 0.3) is 6.08 Å². The molecule has 0 aromatic heterocycles. The summed E-state index contributed by atoms with van der Waals surface area (Å²) >= 11 is 13.0. The highest BCUT2D eigenvalue weighted by Crippen LogP contribution is 2.38. The summed E-state index contributed by atoms with van der Waals surface area (Å²) in [7, 11) is 1.53. The zero-order valence-corrected chi connectivity index (χ0v) is 25.2.